The molecule has 0 spiro atoms. The molecule has 4 saturated carbocycles. The van der Waals surface area contributed by atoms with Crippen molar-refractivity contribution in [1.82, 2.24) is 5.32 Å². The zero-order valence-electron chi connectivity index (χ0n) is 15.4. The summed E-state index contributed by atoms with van der Waals surface area (Å²) in [7, 11) is 4.99. The first-order valence-electron chi connectivity index (χ1n) is 9.24. The molecule has 0 aliphatic heterocycles. The summed E-state index contributed by atoms with van der Waals surface area (Å²) >= 11 is 0. The summed E-state index contributed by atoms with van der Waals surface area (Å²) in [6.45, 7) is 0.865. The van der Waals surface area contributed by atoms with Crippen LogP contribution in [0.2, 0.25) is 0 Å². The van der Waals surface area contributed by atoms with Crippen LogP contribution in [-0.4, -0.2) is 27.4 Å². The van der Waals surface area contributed by atoms with Crippen LogP contribution in [0, 0.1) is 23.7 Å². The summed E-state index contributed by atoms with van der Waals surface area (Å²) in [5.74, 6) is 5.96. The molecule has 4 fully saturated rings. The maximum Gasteiger partial charge on any atom is 0.203 e. The van der Waals surface area contributed by atoms with Gasteiger partial charge in [-0.05, 0) is 73.5 Å². The molecular formula is C20H29ClNO3-. The van der Waals surface area contributed by atoms with E-state index in [0.29, 0.717) is 11.8 Å². The second kappa shape index (κ2) is 7.63. The minimum Gasteiger partial charge on any atom is -1.00 e. The van der Waals surface area contributed by atoms with Gasteiger partial charge in [-0.2, -0.15) is 0 Å². The van der Waals surface area contributed by atoms with Gasteiger partial charge in [-0.3, -0.25) is 0 Å². The molecule has 1 aromatic carbocycles. The molecule has 1 N–H and O–H groups in total. The molecule has 4 nitrogen and oxygen atoms in total. The smallest absolute Gasteiger partial charge is 0.203 e. The number of benzene rings is 1. The molecule has 140 valence electrons. The van der Waals surface area contributed by atoms with Crippen molar-refractivity contribution in [2.45, 2.75) is 44.7 Å². The predicted molar refractivity (Wildman–Crippen MR) is 93.8 cm³/mol. The summed E-state index contributed by atoms with van der Waals surface area (Å²) in [6, 6.07) is 4.81. The average Bonchev–Trinajstić information content (AvgIpc) is 2.59. The molecule has 0 saturated heterocycles. The zero-order valence-corrected chi connectivity index (χ0v) is 16.1. The fourth-order valence-corrected chi connectivity index (χ4v) is 5.73. The first-order chi connectivity index (χ1) is 11.7. The quantitative estimate of drug-likeness (QED) is 0.801. The molecule has 5 rings (SSSR count). The number of methoxy groups -OCH3 is 3. The fourth-order valence-electron chi connectivity index (χ4n) is 5.73. The minimum atomic E-state index is 0. The summed E-state index contributed by atoms with van der Waals surface area (Å²) in [6.07, 6.45) is 7.28. The van der Waals surface area contributed by atoms with Gasteiger partial charge >= 0.3 is 0 Å². The standard InChI is InChI=1S/C20H29NO3.ClH/c1-22-17-9-14(10-18(23-2)20(17)24-3)11-21-19-15-5-12-4-13(7-15)8-16(19)6-12;/h9-10,12-13,15-16,19,21H,4-8,11H2,1-3H3;1H/p-1. The highest BCUT2D eigenvalue weighted by molar-refractivity contribution is 5.53. The molecule has 0 aromatic heterocycles. The molecular weight excluding hydrogens is 338 g/mol. The Kier molecular flexibility index (Phi) is 5.69. The molecule has 0 radical (unpaired) electrons. The van der Waals surface area contributed by atoms with E-state index in [-0.39, 0.29) is 12.4 Å². The normalized spacial score (nSPS) is 32.2. The van der Waals surface area contributed by atoms with Crippen molar-refractivity contribution in [1.29, 1.82) is 0 Å². The molecule has 4 aliphatic rings. The van der Waals surface area contributed by atoms with Gasteiger partial charge in [0.25, 0.3) is 0 Å². The van der Waals surface area contributed by atoms with E-state index >= 15 is 0 Å². The van der Waals surface area contributed by atoms with Gasteiger partial charge in [-0.1, -0.05) is 0 Å². The summed E-state index contributed by atoms with van der Waals surface area (Å²) in [4.78, 5) is 0. The topological polar surface area (TPSA) is 39.7 Å². The highest BCUT2D eigenvalue weighted by Gasteiger charge is 2.47. The lowest BCUT2D eigenvalue weighted by molar-refractivity contribution is -0.0142. The van der Waals surface area contributed by atoms with E-state index in [4.69, 9.17) is 14.2 Å². The van der Waals surface area contributed by atoms with Gasteiger partial charge < -0.3 is 31.9 Å². The Morgan fingerprint density at radius 3 is 1.80 bits per heavy atom. The van der Waals surface area contributed by atoms with Crippen molar-refractivity contribution in [2.24, 2.45) is 23.7 Å². The Labute approximate surface area is 157 Å². The van der Waals surface area contributed by atoms with Gasteiger partial charge in [0.1, 0.15) is 0 Å². The third-order valence-electron chi connectivity index (χ3n) is 6.49. The fraction of sp³-hybridized carbons (Fsp3) is 0.700. The lowest BCUT2D eigenvalue weighted by atomic mass is 9.54. The molecule has 5 heteroatoms. The van der Waals surface area contributed by atoms with Crippen molar-refractivity contribution in [3.63, 3.8) is 0 Å². The monoisotopic (exact) mass is 366 g/mol. The van der Waals surface area contributed by atoms with Gasteiger partial charge in [-0.25, -0.2) is 0 Å². The molecule has 4 bridgehead atoms. The van der Waals surface area contributed by atoms with Crippen LogP contribution in [0.15, 0.2) is 12.1 Å². The average molecular weight is 367 g/mol. The molecule has 0 unspecified atom stereocenters. The maximum atomic E-state index is 5.47. The van der Waals surface area contributed by atoms with Crippen molar-refractivity contribution in [3.8, 4) is 17.2 Å². The van der Waals surface area contributed by atoms with Crippen molar-refractivity contribution >= 4 is 0 Å². The Morgan fingerprint density at radius 2 is 1.36 bits per heavy atom. The Balaban J connectivity index is 0.00000182. The molecule has 0 heterocycles. The molecule has 4 aliphatic carbocycles. The van der Waals surface area contributed by atoms with Crippen LogP contribution in [0.5, 0.6) is 17.2 Å². The van der Waals surface area contributed by atoms with E-state index < -0.39 is 0 Å². The number of nitrogens with one attached hydrogen (secondary N) is 1. The summed E-state index contributed by atoms with van der Waals surface area (Å²) < 4.78 is 16.4. The van der Waals surface area contributed by atoms with E-state index in [9.17, 15) is 0 Å². The van der Waals surface area contributed by atoms with Crippen LogP contribution in [0.25, 0.3) is 0 Å². The Morgan fingerprint density at radius 1 is 0.840 bits per heavy atom. The Bertz CT molecular complexity index is 554. The first-order valence-corrected chi connectivity index (χ1v) is 9.24. The van der Waals surface area contributed by atoms with Gasteiger partial charge in [0.05, 0.1) is 21.3 Å². The number of halogens is 1. The summed E-state index contributed by atoms with van der Waals surface area (Å²) in [5, 5.41) is 3.87. The van der Waals surface area contributed by atoms with Crippen LogP contribution in [-0.2, 0) is 6.54 Å². The third kappa shape index (κ3) is 3.43. The van der Waals surface area contributed by atoms with Crippen LogP contribution >= 0.6 is 0 Å². The van der Waals surface area contributed by atoms with Gasteiger partial charge in [0.15, 0.2) is 11.5 Å². The maximum absolute atomic E-state index is 5.47. The Hall–Kier alpha value is -1.13. The van der Waals surface area contributed by atoms with E-state index in [1.165, 1.54) is 37.7 Å². The summed E-state index contributed by atoms with van der Waals surface area (Å²) in [5.41, 5.74) is 1.19. The van der Waals surface area contributed by atoms with Crippen LogP contribution in [0.4, 0.5) is 0 Å². The molecule has 25 heavy (non-hydrogen) atoms. The second-order valence-corrected chi connectivity index (χ2v) is 7.87. The van der Waals surface area contributed by atoms with E-state index in [0.717, 1.165) is 41.7 Å². The predicted octanol–water partition coefficient (Wildman–Crippen LogP) is 0.631. The van der Waals surface area contributed by atoms with E-state index in [2.05, 4.69) is 17.4 Å². The minimum absolute atomic E-state index is 0. The van der Waals surface area contributed by atoms with Crippen LogP contribution in [0.3, 0.4) is 0 Å². The van der Waals surface area contributed by atoms with Gasteiger partial charge in [0, 0.05) is 12.6 Å². The number of rotatable bonds is 6. The van der Waals surface area contributed by atoms with Gasteiger partial charge in [-0.15, -0.1) is 0 Å². The molecule has 1 aromatic rings. The van der Waals surface area contributed by atoms with Gasteiger partial charge in [0.2, 0.25) is 5.75 Å². The van der Waals surface area contributed by atoms with Crippen LogP contribution < -0.4 is 31.9 Å². The number of hydrogen-bond donors (Lipinski definition) is 1. The first kappa shape index (κ1) is 18.7. The highest BCUT2D eigenvalue weighted by atomic mass is 35.5. The van der Waals surface area contributed by atoms with E-state index in [1.54, 1.807) is 21.3 Å². The molecule has 0 amide bonds. The molecule has 0 atom stereocenters. The van der Waals surface area contributed by atoms with E-state index in [1.807, 2.05) is 0 Å². The zero-order chi connectivity index (χ0) is 16.7. The highest BCUT2D eigenvalue weighted by Crippen LogP contribution is 2.53. The largest absolute Gasteiger partial charge is 1.00 e. The van der Waals surface area contributed by atoms with Crippen molar-refractivity contribution < 1.29 is 26.6 Å². The van der Waals surface area contributed by atoms with Crippen molar-refractivity contribution in [3.05, 3.63) is 17.7 Å². The lowest BCUT2D eigenvalue weighted by Gasteiger charge is -2.54. The third-order valence-corrected chi connectivity index (χ3v) is 6.49. The lowest BCUT2D eigenvalue weighted by Crippen LogP contribution is -3.00. The number of hydrogen-bond acceptors (Lipinski definition) is 4. The van der Waals surface area contributed by atoms with Crippen molar-refractivity contribution in [2.75, 3.05) is 21.3 Å². The SMILES string of the molecule is COc1cc(CNC2C3CC4CC(C3)CC2C4)cc(OC)c1OC.[Cl-]. The second-order valence-electron chi connectivity index (χ2n) is 7.87. The van der Waals surface area contributed by atoms with Crippen LogP contribution in [0.1, 0.15) is 37.7 Å². The number of ether oxygens (including phenoxy) is 3.